The Labute approximate surface area is 127 Å². The van der Waals surface area contributed by atoms with Crippen LogP contribution in [0.3, 0.4) is 0 Å². The number of nitrogens with one attached hydrogen (secondary N) is 1. The van der Waals surface area contributed by atoms with Gasteiger partial charge in [0.25, 0.3) is 0 Å². The van der Waals surface area contributed by atoms with E-state index in [2.05, 4.69) is 40.2 Å². The van der Waals surface area contributed by atoms with Crippen LogP contribution in [0.25, 0.3) is 0 Å². The van der Waals surface area contributed by atoms with E-state index in [1.165, 1.54) is 32.5 Å². The minimum atomic E-state index is 0.260. The first kappa shape index (κ1) is 13.4. The third kappa shape index (κ3) is 2.62. The van der Waals surface area contributed by atoms with Crippen molar-refractivity contribution in [2.24, 2.45) is 0 Å². The number of benzene rings is 1. The predicted molar refractivity (Wildman–Crippen MR) is 85.0 cm³/mol. The summed E-state index contributed by atoms with van der Waals surface area (Å²) in [5.41, 5.74) is 1.13. The van der Waals surface area contributed by atoms with E-state index in [9.17, 15) is 0 Å². The summed E-state index contributed by atoms with van der Waals surface area (Å²) in [4.78, 5) is 5.31. The summed E-state index contributed by atoms with van der Waals surface area (Å²) in [6, 6.07) is 9.67. The van der Waals surface area contributed by atoms with Crippen LogP contribution >= 0.6 is 0 Å². The molecule has 0 saturated carbocycles. The minimum Gasteiger partial charge on any atom is -0.485 e. The molecule has 1 aromatic carbocycles. The van der Waals surface area contributed by atoms with Crippen LogP contribution in [0.4, 0.5) is 5.69 Å². The van der Waals surface area contributed by atoms with Crippen molar-refractivity contribution in [1.29, 1.82) is 0 Å². The van der Waals surface area contributed by atoms with Gasteiger partial charge in [-0.3, -0.25) is 9.80 Å². The standard InChI is InChI=1S/C17H25N3O/c1-13-10-19-8-4-5-14(19)11-20(13)12-15-9-18-16-6-2-3-7-17(16)21-15/h2-3,6-7,13-15,18H,4-5,8-12H2,1H3. The van der Waals surface area contributed by atoms with E-state index in [1.807, 2.05) is 6.07 Å². The van der Waals surface area contributed by atoms with Crippen LogP contribution in [0.2, 0.25) is 0 Å². The van der Waals surface area contributed by atoms with Gasteiger partial charge >= 0.3 is 0 Å². The molecule has 0 aromatic heterocycles. The van der Waals surface area contributed by atoms with Crippen molar-refractivity contribution in [2.75, 3.05) is 38.0 Å². The van der Waals surface area contributed by atoms with E-state index < -0.39 is 0 Å². The van der Waals surface area contributed by atoms with Crippen molar-refractivity contribution in [1.82, 2.24) is 9.80 Å². The maximum Gasteiger partial charge on any atom is 0.142 e. The molecule has 0 amide bonds. The van der Waals surface area contributed by atoms with Crippen LogP contribution < -0.4 is 10.1 Å². The summed E-state index contributed by atoms with van der Waals surface area (Å²) in [5.74, 6) is 1.00. The number of piperazine rings is 1. The highest BCUT2D eigenvalue weighted by atomic mass is 16.5. The fourth-order valence-corrected chi connectivity index (χ4v) is 4.03. The molecule has 0 radical (unpaired) electrons. The molecule has 2 fully saturated rings. The highest BCUT2D eigenvalue weighted by molar-refractivity contribution is 5.57. The van der Waals surface area contributed by atoms with Crippen molar-refractivity contribution in [3.63, 3.8) is 0 Å². The van der Waals surface area contributed by atoms with E-state index >= 15 is 0 Å². The molecule has 3 aliphatic rings. The van der Waals surface area contributed by atoms with E-state index in [-0.39, 0.29) is 6.10 Å². The summed E-state index contributed by atoms with van der Waals surface area (Å²) >= 11 is 0. The Hall–Kier alpha value is -1.26. The monoisotopic (exact) mass is 287 g/mol. The van der Waals surface area contributed by atoms with Crippen molar-refractivity contribution in [3.8, 4) is 5.75 Å². The van der Waals surface area contributed by atoms with Crippen LogP contribution in [0, 0.1) is 0 Å². The molecule has 4 rings (SSSR count). The SMILES string of the molecule is CC1CN2CCCC2CN1CC1CNc2ccccc2O1. The van der Waals surface area contributed by atoms with Gasteiger partial charge in [0.2, 0.25) is 0 Å². The van der Waals surface area contributed by atoms with Gasteiger partial charge in [-0.2, -0.15) is 0 Å². The number of para-hydroxylation sites is 2. The molecule has 4 nitrogen and oxygen atoms in total. The van der Waals surface area contributed by atoms with Gasteiger partial charge in [-0.1, -0.05) is 12.1 Å². The lowest BCUT2D eigenvalue weighted by Crippen LogP contribution is -2.57. The number of rotatable bonds is 2. The Kier molecular flexibility index (Phi) is 3.51. The first-order valence-corrected chi connectivity index (χ1v) is 8.27. The first-order chi connectivity index (χ1) is 10.3. The lowest BCUT2D eigenvalue weighted by molar-refractivity contribution is 0.0313. The van der Waals surface area contributed by atoms with E-state index in [0.717, 1.165) is 30.6 Å². The molecular formula is C17H25N3O. The lowest BCUT2D eigenvalue weighted by Gasteiger charge is -2.44. The Morgan fingerprint density at radius 3 is 3.14 bits per heavy atom. The van der Waals surface area contributed by atoms with E-state index in [0.29, 0.717) is 6.04 Å². The molecule has 0 bridgehead atoms. The summed E-state index contributed by atoms with van der Waals surface area (Å²) < 4.78 is 6.18. The van der Waals surface area contributed by atoms with Gasteiger partial charge in [0.1, 0.15) is 11.9 Å². The van der Waals surface area contributed by atoms with Crippen LogP contribution in [0.15, 0.2) is 24.3 Å². The lowest BCUT2D eigenvalue weighted by atomic mass is 10.1. The van der Waals surface area contributed by atoms with E-state index in [4.69, 9.17) is 4.74 Å². The number of fused-ring (bicyclic) bond motifs is 2. The van der Waals surface area contributed by atoms with Gasteiger partial charge in [-0.25, -0.2) is 0 Å². The van der Waals surface area contributed by atoms with Gasteiger partial charge in [-0.05, 0) is 38.4 Å². The zero-order valence-electron chi connectivity index (χ0n) is 12.8. The normalized spacial score (nSPS) is 32.9. The van der Waals surface area contributed by atoms with Crippen LogP contribution in [0.1, 0.15) is 19.8 Å². The number of hydrogen-bond acceptors (Lipinski definition) is 4. The van der Waals surface area contributed by atoms with Crippen LogP contribution in [-0.4, -0.2) is 60.7 Å². The molecule has 2 saturated heterocycles. The molecule has 1 aromatic rings. The van der Waals surface area contributed by atoms with Crippen molar-refractivity contribution >= 4 is 5.69 Å². The molecule has 114 valence electrons. The molecule has 3 heterocycles. The Balaban J connectivity index is 1.40. The van der Waals surface area contributed by atoms with Crippen LogP contribution in [-0.2, 0) is 0 Å². The zero-order valence-corrected chi connectivity index (χ0v) is 12.8. The molecule has 3 atom stereocenters. The summed E-state index contributed by atoms with van der Waals surface area (Å²) in [5, 5.41) is 3.50. The molecule has 21 heavy (non-hydrogen) atoms. The molecular weight excluding hydrogens is 262 g/mol. The summed E-state index contributed by atoms with van der Waals surface area (Å²) in [7, 11) is 0. The Bertz CT molecular complexity index is 507. The second kappa shape index (κ2) is 5.50. The van der Waals surface area contributed by atoms with E-state index in [1.54, 1.807) is 0 Å². The number of ether oxygens (including phenoxy) is 1. The third-order valence-corrected chi connectivity index (χ3v) is 5.21. The van der Waals surface area contributed by atoms with Crippen molar-refractivity contribution < 1.29 is 4.74 Å². The quantitative estimate of drug-likeness (QED) is 0.901. The maximum absolute atomic E-state index is 6.18. The second-order valence-corrected chi connectivity index (χ2v) is 6.71. The number of nitrogens with zero attached hydrogens (tertiary/aromatic N) is 2. The third-order valence-electron chi connectivity index (χ3n) is 5.21. The summed E-state index contributed by atoms with van der Waals surface area (Å²) in [6.45, 7) is 8.04. The Morgan fingerprint density at radius 2 is 2.19 bits per heavy atom. The molecule has 3 aliphatic heterocycles. The fourth-order valence-electron chi connectivity index (χ4n) is 4.03. The second-order valence-electron chi connectivity index (χ2n) is 6.71. The van der Waals surface area contributed by atoms with Gasteiger partial charge in [-0.15, -0.1) is 0 Å². The molecule has 1 N–H and O–H groups in total. The maximum atomic E-state index is 6.18. The van der Waals surface area contributed by atoms with Gasteiger partial charge < -0.3 is 10.1 Å². The van der Waals surface area contributed by atoms with Gasteiger partial charge in [0.05, 0.1) is 12.2 Å². The summed E-state index contributed by atoms with van der Waals surface area (Å²) in [6.07, 6.45) is 3.01. The van der Waals surface area contributed by atoms with Crippen molar-refractivity contribution in [2.45, 2.75) is 38.0 Å². The van der Waals surface area contributed by atoms with Gasteiger partial charge in [0.15, 0.2) is 0 Å². The first-order valence-electron chi connectivity index (χ1n) is 8.27. The minimum absolute atomic E-state index is 0.260. The highest BCUT2D eigenvalue weighted by Crippen LogP contribution is 2.30. The fraction of sp³-hybridized carbons (Fsp3) is 0.647. The van der Waals surface area contributed by atoms with Crippen molar-refractivity contribution in [3.05, 3.63) is 24.3 Å². The smallest absolute Gasteiger partial charge is 0.142 e. The molecule has 4 heteroatoms. The molecule has 3 unspecified atom stereocenters. The Morgan fingerprint density at radius 1 is 1.29 bits per heavy atom. The average Bonchev–Trinajstić information content (AvgIpc) is 2.94. The topological polar surface area (TPSA) is 27.7 Å². The number of hydrogen-bond donors (Lipinski definition) is 1. The largest absolute Gasteiger partial charge is 0.485 e. The zero-order chi connectivity index (χ0) is 14.2. The van der Waals surface area contributed by atoms with Crippen LogP contribution in [0.5, 0.6) is 5.75 Å². The molecule has 0 aliphatic carbocycles. The van der Waals surface area contributed by atoms with Gasteiger partial charge in [0, 0.05) is 31.7 Å². The predicted octanol–water partition coefficient (Wildman–Crippen LogP) is 2.03. The average molecular weight is 287 g/mol. The molecule has 0 spiro atoms. The highest BCUT2D eigenvalue weighted by Gasteiger charge is 2.35. The number of anilines is 1.